The number of aryl methyl sites for hydroxylation is 1. The van der Waals surface area contributed by atoms with Crippen LogP contribution < -0.4 is 0 Å². The average molecular weight is 453 g/mol. The normalized spacial score (nSPS) is 16.1. The lowest BCUT2D eigenvalue weighted by Gasteiger charge is -2.28. The molecule has 1 saturated heterocycles. The molecule has 0 spiro atoms. The van der Waals surface area contributed by atoms with Crippen LogP contribution in [-0.4, -0.2) is 78.1 Å². The minimum atomic E-state index is -0.624. The molecule has 2 rings (SSSR count). The first-order valence-corrected chi connectivity index (χ1v) is 11.7. The number of morpholine rings is 1. The van der Waals surface area contributed by atoms with E-state index in [2.05, 4.69) is 9.88 Å². The quantitative estimate of drug-likeness (QED) is 0.393. The van der Waals surface area contributed by atoms with Crippen molar-refractivity contribution in [3.8, 4) is 0 Å². The molecule has 8 heteroatoms. The van der Waals surface area contributed by atoms with Crippen molar-refractivity contribution in [2.45, 2.75) is 78.4 Å². The summed E-state index contributed by atoms with van der Waals surface area (Å²) in [5, 5.41) is 10.3. The molecule has 1 aliphatic rings. The van der Waals surface area contributed by atoms with E-state index in [1.54, 1.807) is 13.8 Å². The highest BCUT2D eigenvalue weighted by Crippen LogP contribution is 2.24. The van der Waals surface area contributed by atoms with Crippen LogP contribution in [0.25, 0.3) is 0 Å². The topological polar surface area (TPSA) is 101 Å². The zero-order chi connectivity index (χ0) is 23.7. The number of hydrogen-bond donors (Lipinski definition) is 2. The summed E-state index contributed by atoms with van der Waals surface area (Å²) < 4.78 is 16.0. The molecule has 0 unspecified atom stereocenters. The molecule has 0 bridgehead atoms. The average Bonchev–Trinajstić information content (AvgIpc) is 3.04. The molecule has 0 radical (unpaired) electrons. The van der Waals surface area contributed by atoms with Crippen LogP contribution in [0.4, 0.5) is 0 Å². The monoisotopic (exact) mass is 452 g/mol. The van der Waals surface area contributed by atoms with Crippen LogP contribution in [0.5, 0.6) is 0 Å². The number of aromatic nitrogens is 1. The van der Waals surface area contributed by atoms with Gasteiger partial charge in [0.15, 0.2) is 0 Å². The number of carbonyl (C=O) groups is 2. The Kier molecular flexibility index (Phi) is 10.2. The van der Waals surface area contributed by atoms with Crippen molar-refractivity contribution < 1.29 is 28.9 Å². The predicted octanol–water partition coefficient (Wildman–Crippen LogP) is 3.25. The van der Waals surface area contributed by atoms with Gasteiger partial charge in [-0.2, -0.15) is 0 Å². The van der Waals surface area contributed by atoms with Gasteiger partial charge in [-0.15, -0.1) is 0 Å². The minimum Gasteiger partial charge on any atom is -0.462 e. The fraction of sp³-hybridized carbons (Fsp3) is 0.750. The first-order chi connectivity index (χ1) is 15.1. The molecule has 0 amide bonds. The Morgan fingerprint density at radius 3 is 2.47 bits per heavy atom. The standard InChI is InChI=1S/C24H40N2O6/c1-6-31-22(28)20-17(2)21(23(29)32-24(3,4)5)25-19(20)11-9-7-8-10-18(27)16-26-12-14-30-15-13-26/h18,25,27H,6-16H2,1-5H3/t18-/m0/s1. The number of hydrogen-bond acceptors (Lipinski definition) is 7. The predicted molar refractivity (Wildman–Crippen MR) is 122 cm³/mol. The molecule has 1 atom stereocenters. The van der Waals surface area contributed by atoms with Gasteiger partial charge in [-0.1, -0.05) is 12.8 Å². The van der Waals surface area contributed by atoms with Gasteiger partial charge in [0.1, 0.15) is 11.3 Å². The van der Waals surface area contributed by atoms with Gasteiger partial charge < -0.3 is 24.3 Å². The van der Waals surface area contributed by atoms with Crippen LogP contribution in [0.1, 0.15) is 85.5 Å². The third kappa shape index (κ3) is 8.22. The van der Waals surface area contributed by atoms with Crippen molar-refractivity contribution in [2.75, 3.05) is 39.5 Å². The summed E-state index contributed by atoms with van der Waals surface area (Å²) in [6.07, 6.45) is 3.69. The van der Waals surface area contributed by atoms with Gasteiger partial charge in [0.2, 0.25) is 0 Å². The molecule has 8 nitrogen and oxygen atoms in total. The summed E-state index contributed by atoms with van der Waals surface area (Å²) in [7, 11) is 0. The number of unbranched alkanes of at least 4 members (excludes halogenated alkanes) is 2. The van der Waals surface area contributed by atoms with Gasteiger partial charge in [0, 0.05) is 25.3 Å². The van der Waals surface area contributed by atoms with E-state index in [0.717, 1.165) is 52.0 Å². The lowest BCUT2D eigenvalue weighted by Crippen LogP contribution is -2.40. The van der Waals surface area contributed by atoms with Crippen molar-refractivity contribution in [2.24, 2.45) is 0 Å². The second-order valence-electron chi connectivity index (χ2n) is 9.37. The number of rotatable bonds is 11. The van der Waals surface area contributed by atoms with Crippen LogP contribution >= 0.6 is 0 Å². The summed E-state index contributed by atoms with van der Waals surface area (Å²) >= 11 is 0. The number of nitrogens with zero attached hydrogens (tertiary/aromatic N) is 1. The van der Waals surface area contributed by atoms with Gasteiger partial charge in [-0.05, 0) is 59.4 Å². The summed E-state index contributed by atoms with van der Waals surface area (Å²) in [4.78, 5) is 30.5. The van der Waals surface area contributed by atoms with E-state index < -0.39 is 17.5 Å². The number of carbonyl (C=O) groups excluding carboxylic acids is 2. The van der Waals surface area contributed by atoms with Gasteiger partial charge >= 0.3 is 11.9 Å². The molecule has 1 aromatic rings. The van der Waals surface area contributed by atoms with Crippen LogP contribution in [0.15, 0.2) is 0 Å². The van der Waals surface area contributed by atoms with Gasteiger partial charge in [-0.25, -0.2) is 9.59 Å². The molecule has 2 heterocycles. The first-order valence-electron chi connectivity index (χ1n) is 11.7. The molecular weight excluding hydrogens is 412 g/mol. The van der Waals surface area contributed by atoms with Crippen LogP contribution in [0, 0.1) is 6.92 Å². The maximum Gasteiger partial charge on any atom is 0.355 e. The van der Waals surface area contributed by atoms with Crippen LogP contribution in [0.2, 0.25) is 0 Å². The maximum atomic E-state index is 12.6. The van der Waals surface area contributed by atoms with E-state index in [-0.39, 0.29) is 12.7 Å². The summed E-state index contributed by atoms with van der Waals surface area (Å²) in [5.74, 6) is -0.898. The lowest BCUT2D eigenvalue weighted by molar-refractivity contribution is 0.00621. The summed E-state index contributed by atoms with van der Waals surface area (Å²) in [5.41, 5.74) is 1.38. The van der Waals surface area contributed by atoms with E-state index in [0.29, 0.717) is 35.5 Å². The number of ether oxygens (including phenoxy) is 3. The smallest absolute Gasteiger partial charge is 0.355 e. The van der Waals surface area contributed by atoms with Crippen LogP contribution in [0.3, 0.4) is 0 Å². The van der Waals surface area contributed by atoms with E-state index in [4.69, 9.17) is 14.2 Å². The van der Waals surface area contributed by atoms with E-state index >= 15 is 0 Å². The Balaban J connectivity index is 1.92. The Morgan fingerprint density at radius 2 is 1.84 bits per heavy atom. The number of aliphatic hydroxyl groups is 1. The highest BCUT2D eigenvalue weighted by atomic mass is 16.6. The van der Waals surface area contributed by atoms with Crippen molar-refractivity contribution in [3.05, 3.63) is 22.5 Å². The van der Waals surface area contributed by atoms with E-state index in [9.17, 15) is 14.7 Å². The molecule has 0 saturated carbocycles. The second-order valence-corrected chi connectivity index (χ2v) is 9.37. The number of aromatic amines is 1. The third-order valence-corrected chi connectivity index (χ3v) is 5.45. The SMILES string of the molecule is CCOC(=O)c1c(CCCCC[C@H](O)CN2CCOCC2)[nH]c(C(=O)OC(C)(C)C)c1C. The molecule has 1 aromatic heterocycles. The Hall–Kier alpha value is -1.90. The fourth-order valence-corrected chi connectivity index (χ4v) is 3.89. The Labute approximate surface area is 191 Å². The van der Waals surface area contributed by atoms with Crippen molar-refractivity contribution in [1.29, 1.82) is 0 Å². The number of esters is 2. The first kappa shape index (κ1) is 26.4. The van der Waals surface area contributed by atoms with E-state index in [1.165, 1.54) is 0 Å². The van der Waals surface area contributed by atoms with Gasteiger partial charge in [0.25, 0.3) is 0 Å². The number of aliphatic hydroxyl groups excluding tert-OH is 1. The lowest BCUT2D eigenvalue weighted by atomic mass is 10.0. The molecule has 1 fully saturated rings. The molecule has 1 aliphatic heterocycles. The molecule has 32 heavy (non-hydrogen) atoms. The number of H-pyrrole nitrogens is 1. The summed E-state index contributed by atoms with van der Waals surface area (Å²) in [6, 6.07) is 0. The molecule has 0 aliphatic carbocycles. The minimum absolute atomic E-state index is 0.270. The zero-order valence-electron chi connectivity index (χ0n) is 20.3. The van der Waals surface area contributed by atoms with E-state index in [1.807, 2.05) is 20.8 Å². The fourth-order valence-electron chi connectivity index (χ4n) is 3.89. The highest BCUT2D eigenvalue weighted by molar-refractivity contribution is 5.98. The summed E-state index contributed by atoms with van der Waals surface area (Å²) in [6.45, 7) is 13.1. The Bertz CT molecular complexity index is 746. The molecule has 2 N–H and O–H groups in total. The highest BCUT2D eigenvalue weighted by Gasteiger charge is 2.27. The number of β-amino-alcohol motifs (C(OH)–C–C–N with tert-alkyl or cyclic N) is 1. The van der Waals surface area contributed by atoms with Crippen molar-refractivity contribution in [1.82, 2.24) is 9.88 Å². The van der Waals surface area contributed by atoms with Crippen molar-refractivity contribution >= 4 is 11.9 Å². The largest absolute Gasteiger partial charge is 0.462 e. The number of nitrogens with one attached hydrogen (secondary N) is 1. The molecule has 0 aromatic carbocycles. The third-order valence-electron chi connectivity index (χ3n) is 5.45. The van der Waals surface area contributed by atoms with Crippen LogP contribution in [-0.2, 0) is 20.6 Å². The molecule has 182 valence electrons. The maximum absolute atomic E-state index is 12.6. The van der Waals surface area contributed by atoms with Gasteiger partial charge in [0.05, 0.1) is 31.5 Å². The van der Waals surface area contributed by atoms with Crippen molar-refractivity contribution in [3.63, 3.8) is 0 Å². The zero-order valence-corrected chi connectivity index (χ0v) is 20.3. The second kappa shape index (κ2) is 12.4. The Morgan fingerprint density at radius 1 is 1.16 bits per heavy atom. The molecular formula is C24H40N2O6. The van der Waals surface area contributed by atoms with Gasteiger partial charge in [-0.3, -0.25) is 4.90 Å².